The van der Waals surface area contributed by atoms with E-state index in [4.69, 9.17) is 5.11 Å². The van der Waals surface area contributed by atoms with Gasteiger partial charge in [-0.25, -0.2) is 0 Å². The Balaban J connectivity index is -0.00000103. The molecule has 0 bridgehead atoms. The van der Waals surface area contributed by atoms with Crippen LogP contribution in [0.5, 0.6) is 0 Å². The number of nitrogens with one attached hydrogen (secondary N) is 4. The van der Waals surface area contributed by atoms with Crippen LogP contribution in [0.4, 0.5) is 0 Å². The third kappa shape index (κ3) is 36.6. The van der Waals surface area contributed by atoms with Gasteiger partial charge in [0.05, 0.1) is 0 Å². The highest BCUT2D eigenvalue weighted by atomic mass is 16.4. The van der Waals surface area contributed by atoms with Gasteiger partial charge in [-0.1, -0.05) is 184 Å². The highest BCUT2D eigenvalue weighted by Crippen LogP contribution is 2.31. The van der Waals surface area contributed by atoms with E-state index in [9.17, 15) is 24.0 Å². The first-order valence-corrected chi connectivity index (χ1v) is 22.7. The Morgan fingerprint density at radius 1 is 0.717 bits per heavy atom. The molecule has 0 heterocycles. The molecule has 3 rings (SSSR count). The van der Waals surface area contributed by atoms with Crippen LogP contribution in [-0.4, -0.2) is 59.9 Å². The molecule has 4 amide bonds. The summed E-state index contributed by atoms with van der Waals surface area (Å²) in [6.45, 7) is 24.5. The van der Waals surface area contributed by atoms with Crippen LogP contribution in [0.2, 0.25) is 0 Å². The van der Waals surface area contributed by atoms with Gasteiger partial charge in [-0.2, -0.15) is 0 Å². The fourth-order valence-corrected chi connectivity index (χ4v) is 4.75. The Bertz CT molecular complexity index is 1390. The van der Waals surface area contributed by atoms with Gasteiger partial charge in [0.1, 0.15) is 18.6 Å². The first-order valence-electron chi connectivity index (χ1n) is 22.7. The zero-order valence-corrected chi connectivity index (χ0v) is 39.7. The summed E-state index contributed by atoms with van der Waals surface area (Å²) in [5.74, 6) is -3.02. The number of carbonyl (C=O) groups is 5. The van der Waals surface area contributed by atoms with Gasteiger partial charge in [0, 0.05) is 25.0 Å². The average Bonchev–Trinajstić information content (AvgIpc) is 4.07. The van der Waals surface area contributed by atoms with Crippen molar-refractivity contribution in [1.82, 2.24) is 21.3 Å². The summed E-state index contributed by atoms with van der Waals surface area (Å²) in [5.41, 5.74) is 4.34. The smallest absolute Gasteiger partial charge is 0.322 e. The summed E-state index contributed by atoms with van der Waals surface area (Å²) in [4.78, 5) is 60.6. The number of aliphatic carboxylic acids is 1. The molecule has 0 aromatic rings. The Labute approximate surface area is 366 Å². The number of hydrogen-bond donors (Lipinski definition) is 5. The van der Waals surface area contributed by atoms with Gasteiger partial charge in [0.2, 0.25) is 23.6 Å². The second-order valence-electron chi connectivity index (χ2n) is 14.8. The maximum atomic E-state index is 13.1. The Hall–Kier alpha value is -4.47. The van der Waals surface area contributed by atoms with Gasteiger partial charge in [0.25, 0.3) is 0 Å². The van der Waals surface area contributed by atoms with Gasteiger partial charge in [-0.05, 0) is 60.0 Å². The molecule has 342 valence electrons. The molecule has 0 aromatic heterocycles. The summed E-state index contributed by atoms with van der Waals surface area (Å²) >= 11 is 0. The van der Waals surface area contributed by atoms with Crippen molar-refractivity contribution in [3.05, 3.63) is 83.1 Å². The highest BCUT2D eigenvalue weighted by molar-refractivity contribution is 5.98. The SMILES string of the molecule is C1CCC1.C1CCCCC1.C=C(C)/C=C\C(C)=C/C.CC.CC=C/C(=C\C=C/C)CC(NC(=O)C(C)NC(=O)CC)C(=O)NCC(C(=O)NCC(=O)O)=C1CC1.CCCC. The quantitative estimate of drug-likeness (QED) is 0.0726. The summed E-state index contributed by atoms with van der Waals surface area (Å²) in [6.07, 6.45) is 34.7. The van der Waals surface area contributed by atoms with E-state index in [1.807, 2.05) is 78.0 Å². The molecule has 0 aromatic carbocycles. The lowest BCUT2D eigenvalue weighted by atomic mass is 10.0. The van der Waals surface area contributed by atoms with Gasteiger partial charge in [0.15, 0.2) is 0 Å². The lowest BCUT2D eigenvalue weighted by molar-refractivity contribution is -0.137. The van der Waals surface area contributed by atoms with E-state index < -0.39 is 42.3 Å². The monoisotopic (exact) mass is 839 g/mol. The van der Waals surface area contributed by atoms with Crippen LogP contribution in [0.25, 0.3) is 0 Å². The molecule has 3 aliphatic rings. The second kappa shape index (κ2) is 41.3. The van der Waals surface area contributed by atoms with Gasteiger partial charge < -0.3 is 26.4 Å². The predicted molar refractivity (Wildman–Crippen MR) is 254 cm³/mol. The van der Waals surface area contributed by atoms with Gasteiger partial charge in [-0.15, -0.1) is 0 Å². The van der Waals surface area contributed by atoms with Crippen LogP contribution in [0, 0.1) is 0 Å². The Morgan fingerprint density at radius 3 is 1.62 bits per heavy atom. The Kier molecular flexibility index (Phi) is 41.2. The minimum atomic E-state index is -1.17. The number of unbranched alkanes of at least 4 members (excludes halogenated alkanes) is 1. The van der Waals surface area contributed by atoms with Crippen LogP contribution >= 0.6 is 0 Å². The molecule has 5 N–H and O–H groups in total. The molecule has 2 unspecified atom stereocenters. The second-order valence-corrected chi connectivity index (χ2v) is 14.8. The number of carboxylic acid groups (broad SMARTS) is 1. The average molecular weight is 839 g/mol. The van der Waals surface area contributed by atoms with Crippen molar-refractivity contribution in [3.63, 3.8) is 0 Å². The summed E-state index contributed by atoms with van der Waals surface area (Å²) < 4.78 is 0. The number of carboxylic acids is 1. The van der Waals surface area contributed by atoms with Crippen LogP contribution < -0.4 is 21.3 Å². The minimum absolute atomic E-state index is 0.0916. The molecule has 0 saturated heterocycles. The van der Waals surface area contributed by atoms with Crippen molar-refractivity contribution in [3.8, 4) is 0 Å². The molecule has 0 aliphatic heterocycles. The van der Waals surface area contributed by atoms with Crippen LogP contribution in [0.3, 0.4) is 0 Å². The predicted octanol–water partition coefficient (Wildman–Crippen LogP) is 11.1. The third-order valence-electron chi connectivity index (χ3n) is 9.17. The largest absolute Gasteiger partial charge is 0.480 e. The van der Waals surface area contributed by atoms with E-state index >= 15 is 0 Å². The fraction of sp³-hybridized carbons (Fsp3) is 0.620. The van der Waals surface area contributed by atoms with E-state index in [0.29, 0.717) is 18.4 Å². The lowest BCUT2D eigenvalue weighted by Gasteiger charge is -2.22. The van der Waals surface area contributed by atoms with E-state index in [1.165, 1.54) is 89.5 Å². The maximum absolute atomic E-state index is 13.1. The number of carbonyl (C=O) groups excluding carboxylic acids is 4. The molecule has 3 saturated carbocycles. The first-order chi connectivity index (χ1) is 28.7. The molecular formula is C50H86N4O6. The summed E-state index contributed by atoms with van der Waals surface area (Å²) in [7, 11) is 0. The van der Waals surface area contributed by atoms with E-state index in [2.05, 4.69) is 60.8 Å². The van der Waals surface area contributed by atoms with E-state index in [1.54, 1.807) is 6.92 Å². The summed E-state index contributed by atoms with van der Waals surface area (Å²) in [6, 6.07) is -1.81. The van der Waals surface area contributed by atoms with Gasteiger partial charge >= 0.3 is 5.97 Å². The van der Waals surface area contributed by atoms with Crippen molar-refractivity contribution in [2.45, 2.75) is 191 Å². The van der Waals surface area contributed by atoms with Crippen molar-refractivity contribution >= 4 is 29.6 Å². The molecule has 2 atom stereocenters. The van der Waals surface area contributed by atoms with Crippen LogP contribution in [-0.2, 0) is 24.0 Å². The topological polar surface area (TPSA) is 154 Å². The molecule has 0 radical (unpaired) electrons. The van der Waals surface area contributed by atoms with Crippen LogP contribution in [0.1, 0.15) is 179 Å². The fourth-order valence-electron chi connectivity index (χ4n) is 4.75. The van der Waals surface area contributed by atoms with Crippen LogP contribution in [0.15, 0.2) is 83.1 Å². The first kappa shape index (κ1) is 59.8. The highest BCUT2D eigenvalue weighted by Gasteiger charge is 2.27. The number of rotatable bonds is 17. The molecule has 3 fully saturated rings. The minimum Gasteiger partial charge on any atom is -0.480 e. The van der Waals surface area contributed by atoms with Crippen molar-refractivity contribution in [2.75, 3.05) is 13.1 Å². The molecule has 3 aliphatic carbocycles. The normalized spacial score (nSPS) is 15.2. The molecular weight excluding hydrogens is 753 g/mol. The van der Waals surface area contributed by atoms with E-state index in [-0.39, 0.29) is 25.3 Å². The number of hydrogen-bond acceptors (Lipinski definition) is 5. The lowest BCUT2D eigenvalue weighted by Crippen LogP contribution is -2.53. The standard InChI is InChI=1S/C25H36N4O6.C9H14.C6H12.C4H8.C4H10.C2H6/c1-5-8-10-17(9-6-2)13-20(29-23(33)16(4)28-21(30)7-3)25(35)26-14-19(18-11-12-18)24(34)27-15-22(31)32;1-5-9(4)7-6-8(2)3;1-2-4-6-5-3-1;1-2-4-3-1;1-3-4-2;1-2/h5-6,8-10,16,20H,7,11-15H2,1-4H3,(H,26,35)(H,27,34)(H,28,30)(H,29,33)(H,31,32);5-7H,2H2,1,3-4H3;1-6H2;1-4H2;3-4H2,1-2H3;1-2H3/b8-5-,9-6?,17-10+;7-6-,9-5-;;;;. The van der Waals surface area contributed by atoms with Crippen molar-refractivity contribution < 1.29 is 29.1 Å². The number of allylic oxidation sites excluding steroid dienone is 11. The Morgan fingerprint density at radius 2 is 1.23 bits per heavy atom. The molecule has 0 spiro atoms. The van der Waals surface area contributed by atoms with E-state index in [0.717, 1.165) is 16.7 Å². The molecule has 60 heavy (non-hydrogen) atoms. The van der Waals surface area contributed by atoms with Crippen molar-refractivity contribution in [2.24, 2.45) is 0 Å². The number of amides is 4. The molecule has 10 heteroatoms. The third-order valence-corrected chi connectivity index (χ3v) is 9.17. The zero-order valence-electron chi connectivity index (χ0n) is 39.7. The summed E-state index contributed by atoms with van der Waals surface area (Å²) in [5, 5.41) is 19.1. The van der Waals surface area contributed by atoms with Crippen molar-refractivity contribution in [1.29, 1.82) is 0 Å². The molecule has 10 nitrogen and oxygen atoms in total. The van der Waals surface area contributed by atoms with Gasteiger partial charge in [-0.3, -0.25) is 24.0 Å². The zero-order chi connectivity index (χ0) is 46.1. The maximum Gasteiger partial charge on any atom is 0.322 e.